The number of anilines is 2. The first kappa shape index (κ1) is 18.5. The van der Waals surface area contributed by atoms with Crippen molar-refractivity contribution in [2.24, 2.45) is 17.8 Å². The molecule has 1 aliphatic carbocycles. The lowest BCUT2D eigenvalue weighted by molar-refractivity contribution is -0.118. The number of amides is 1. The van der Waals surface area contributed by atoms with Crippen LogP contribution in [0.15, 0.2) is 42.6 Å². The molecule has 5 rings (SSSR count). The number of carbonyl (C=O) groups excluding carboxylic acids is 1. The highest BCUT2D eigenvalue weighted by Gasteiger charge is 2.59. The van der Waals surface area contributed by atoms with Gasteiger partial charge in [0.25, 0.3) is 0 Å². The number of carbonyl (C=O) groups is 1. The molecule has 2 atom stereocenters. The summed E-state index contributed by atoms with van der Waals surface area (Å²) in [4.78, 5) is 21.4. The predicted molar refractivity (Wildman–Crippen MR) is 108 cm³/mol. The zero-order valence-electron chi connectivity index (χ0n) is 16.3. The summed E-state index contributed by atoms with van der Waals surface area (Å²) < 4.78 is 19.9. The first-order chi connectivity index (χ1) is 14.2. The minimum atomic E-state index is -0.303. The monoisotopic (exact) mass is 396 g/mol. The van der Waals surface area contributed by atoms with Gasteiger partial charge in [0.15, 0.2) is 0 Å². The van der Waals surface area contributed by atoms with Crippen LogP contribution < -0.4 is 10.2 Å². The van der Waals surface area contributed by atoms with E-state index in [2.05, 4.69) is 15.2 Å². The van der Waals surface area contributed by atoms with Gasteiger partial charge in [0, 0.05) is 50.5 Å². The molecule has 2 saturated heterocycles. The highest BCUT2D eigenvalue weighted by molar-refractivity contribution is 5.95. The van der Waals surface area contributed by atoms with Crippen LogP contribution in [0.25, 0.3) is 0 Å². The van der Waals surface area contributed by atoms with Crippen molar-refractivity contribution in [3.63, 3.8) is 0 Å². The largest absolute Gasteiger partial charge is 0.378 e. The summed E-state index contributed by atoms with van der Waals surface area (Å²) in [5.41, 5.74) is 2.16. The first-order valence-electron chi connectivity index (χ1n) is 10.2. The zero-order chi connectivity index (χ0) is 19.8. The van der Waals surface area contributed by atoms with E-state index >= 15 is 0 Å². The number of likely N-dealkylation sites (tertiary alicyclic amines) is 1. The number of nitrogens with one attached hydrogen (secondary N) is 1. The maximum absolute atomic E-state index is 14.5. The van der Waals surface area contributed by atoms with Crippen molar-refractivity contribution < 1.29 is 13.9 Å². The second kappa shape index (κ2) is 7.72. The van der Waals surface area contributed by atoms with E-state index in [4.69, 9.17) is 4.74 Å². The van der Waals surface area contributed by atoms with E-state index in [-0.39, 0.29) is 17.6 Å². The lowest BCUT2D eigenvalue weighted by Gasteiger charge is -2.29. The average Bonchev–Trinajstić information content (AvgIpc) is 3.25. The number of nitrogens with zero attached hydrogens (tertiary/aromatic N) is 3. The molecule has 29 heavy (non-hydrogen) atoms. The van der Waals surface area contributed by atoms with E-state index in [1.165, 1.54) is 6.07 Å². The molecule has 1 aromatic carbocycles. The third kappa shape index (κ3) is 3.84. The number of fused-ring (bicyclic) bond motifs is 1. The molecule has 2 aliphatic heterocycles. The molecule has 0 bridgehead atoms. The van der Waals surface area contributed by atoms with Gasteiger partial charge >= 0.3 is 0 Å². The van der Waals surface area contributed by atoms with Crippen molar-refractivity contribution in [1.82, 2.24) is 9.88 Å². The number of hydrogen-bond acceptors (Lipinski definition) is 5. The molecule has 1 saturated carbocycles. The Balaban J connectivity index is 1.15. The summed E-state index contributed by atoms with van der Waals surface area (Å²) in [5, 5.41) is 2.91. The van der Waals surface area contributed by atoms with Gasteiger partial charge in [0.05, 0.1) is 24.6 Å². The summed E-state index contributed by atoms with van der Waals surface area (Å²) in [6, 6.07) is 10.9. The highest BCUT2D eigenvalue weighted by atomic mass is 19.1. The van der Waals surface area contributed by atoms with Crippen LogP contribution in [0.4, 0.5) is 15.8 Å². The number of aromatic nitrogens is 1. The van der Waals surface area contributed by atoms with Gasteiger partial charge in [-0.1, -0.05) is 6.07 Å². The number of ether oxygens (including phenoxy) is 1. The molecule has 152 valence electrons. The van der Waals surface area contributed by atoms with Gasteiger partial charge in [-0.3, -0.25) is 14.7 Å². The Bertz CT molecular complexity index is 876. The van der Waals surface area contributed by atoms with Crippen LogP contribution in [0.3, 0.4) is 0 Å². The molecule has 3 heterocycles. The van der Waals surface area contributed by atoms with E-state index in [1.807, 2.05) is 29.3 Å². The van der Waals surface area contributed by atoms with Crippen molar-refractivity contribution in [2.45, 2.75) is 6.54 Å². The third-order valence-corrected chi connectivity index (χ3v) is 6.25. The number of benzene rings is 1. The highest BCUT2D eigenvalue weighted by Crippen LogP contribution is 2.52. The van der Waals surface area contributed by atoms with Gasteiger partial charge in [-0.05, 0) is 42.2 Å². The fourth-order valence-electron chi connectivity index (χ4n) is 4.72. The van der Waals surface area contributed by atoms with Gasteiger partial charge in [0.2, 0.25) is 5.91 Å². The molecule has 3 fully saturated rings. The molecule has 6 nitrogen and oxygen atoms in total. The summed E-state index contributed by atoms with van der Waals surface area (Å²) in [5.74, 6) is 0.544. The minimum absolute atomic E-state index is 0.0102. The van der Waals surface area contributed by atoms with E-state index in [1.54, 1.807) is 12.1 Å². The molecule has 2 unspecified atom stereocenters. The van der Waals surface area contributed by atoms with Crippen molar-refractivity contribution in [3.8, 4) is 0 Å². The molecular weight excluding hydrogens is 371 g/mol. The Labute approximate surface area is 169 Å². The molecule has 3 aliphatic rings. The Morgan fingerprint density at radius 1 is 1.17 bits per heavy atom. The zero-order valence-corrected chi connectivity index (χ0v) is 16.3. The van der Waals surface area contributed by atoms with Crippen molar-refractivity contribution >= 4 is 17.3 Å². The van der Waals surface area contributed by atoms with Crippen LogP contribution in [0.1, 0.15) is 5.69 Å². The molecule has 7 heteroatoms. The second-order valence-electron chi connectivity index (χ2n) is 8.12. The van der Waals surface area contributed by atoms with Crippen molar-refractivity contribution in [3.05, 3.63) is 54.1 Å². The number of piperidine rings is 1. The quantitative estimate of drug-likeness (QED) is 0.841. The lowest BCUT2D eigenvalue weighted by atomic mass is 10.2. The molecule has 1 N–H and O–H groups in total. The average molecular weight is 396 g/mol. The Kier molecular flexibility index (Phi) is 4.93. The lowest BCUT2D eigenvalue weighted by Crippen LogP contribution is -2.36. The normalized spacial score (nSPS) is 26.2. The molecule has 0 spiro atoms. The van der Waals surface area contributed by atoms with Gasteiger partial charge in [-0.25, -0.2) is 4.39 Å². The van der Waals surface area contributed by atoms with E-state index in [9.17, 15) is 9.18 Å². The van der Waals surface area contributed by atoms with Crippen LogP contribution >= 0.6 is 0 Å². The Hall–Kier alpha value is -2.51. The summed E-state index contributed by atoms with van der Waals surface area (Å²) in [6.45, 7) is 5.26. The van der Waals surface area contributed by atoms with Crippen LogP contribution in [0.2, 0.25) is 0 Å². The fourth-order valence-corrected chi connectivity index (χ4v) is 4.72. The van der Waals surface area contributed by atoms with Crippen molar-refractivity contribution in [1.29, 1.82) is 0 Å². The summed E-state index contributed by atoms with van der Waals surface area (Å²) in [7, 11) is 0. The van der Waals surface area contributed by atoms with Crippen LogP contribution in [0, 0.1) is 23.6 Å². The molecular formula is C22H25FN4O2. The van der Waals surface area contributed by atoms with Gasteiger partial charge in [-0.15, -0.1) is 0 Å². The molecule has 0 radical (unpaired) electrons. The molecule has 1 aromatic heterocycles. The maximum atomic E-state index is 14.5. The summed E-state index contributed by atoms with van der Waals surface area (Å²) >= 11 is 0. The predicted octanol–water partition coefficient (Wildman–Crippen LogP) is 2.37. The molecule has 1 amide bonds. The minimum Gasteiger partial charge on any atom is -0.378 e. The number of morpholine rings is 1. The van der Waals surface area contributed by atoms with Gasteiger partial charge in [-0.2, -0.15) is 0 Å². The Morgan fingerprint density at radius 3 is 2.66 bits per heavy atom. The van der Waals surface area contributed by atoms with Gasteiger partial charge < -0.3 is 15.0 Å². The number of rotatable bonds is 5. The second-order valence-corrected chi connectivity index (χ2v) is 8.12. The first-order valence-corrected chi connectivity index (χ1v) is 10.2. The maximum Gasteiger partial charge on any atom is 0.228 e. The smallest absolute Gasteiger partial charge is 0.228 e. The molecule has 2 aromatic rings. The van der Waals surface area contributed by atoms with E-state index < -0.39 is 0 Å². The number of halogens is 1. The van der Waals surface area contributed by atoms with Crippen molar-refractivity contribution in [2.75, 3.05) is 49.6 Å². The fraction of sp³-hybridized carbons (Fsp3) is 0.455. The summed E-state index contributed by atoms with van der Waals surface area (Å²) in [6.07, 6.45) is 1.81. The van der Waals surface area contributed by atoms with Crippen LogP contribution in [-0.4, -0.2) is 55.2 Å². The van der Waals surface area contributed by atoms with Crippen LogP contribution in [0.5, 0.6) is 0 Å². The van der Waals surface area contributed by atoms with Crippen LogP contribution in [-0.2, 0) is 16.1 Å². The number of hydrogen-bond donors (Lipinski definition) is 1. The topological polar surface area (TPSA) is 57.7 Å². The number of pyridine rings is 1. The van der Waals surface area contributed by atoms with E-state index in [0.29, 0.717) is 49.5 Å². The standard InChI is InChI=1S/C22H25FN4O2/c23-19-11-15(4-5-20(19)27-7-9-29-10-8-27)25-22(28)21-17-13-26(14-18(17)21)12-16-3-1-2-6-24-16/h1-6,11,17-18,21H,7-10,12-14H2,(H,25,28). The third-order valence-electron chi connectivity index (χ3n) is 6.25. The van der Waals surface area contributed by atoms with Gasteiger partial charge in [0.1, 0.15) is 5.82 Å². The van der Waals surface area contributed by atoms with E-state index in [0.717, 1.165) is 25.3 Å². The Morgan fingerprint density at radius 2 is 1.97 bits per heavy atom. The SMILES string of the molecule is O=C(Nc1ccc(N2CCOCC2)c(F)c1)C1C2CN(Cc3ccccn3)CC21.